The van der Waals surface area contributed by atoms with Gasteiger partial charge in [-0.25, -0.2) is 0 Å². The maximum absolute atomic E-state index is 11.4. The molecular weight excluding hydrogens is 278 g/mol. The molecule has 0 heterocycles. The summed E-state index contributed by atoms with van der Waals surface area (Å²) in [5.41, 5.74) is 1.74. The molecule has 0 bridgehead atoms. The lowest BCUT2D eigenvalue weighted by molar-refractivity contribution is -0.141. The lowest BCUT2D eigenvalue weighted by Gasteiger charge is -2.33. The van der Waals surface area contributed by atoms with Crippen LogP contribution >= 0.6 is 0 Å². The molecule has 1 aromatic carbocycles. The van der Waals surface area contributed by atoms with Crippen molar-refractivity contribution < 1.29 is 14.3 Å². The van der Waals surface area contributed by atoms with Crippen molar-refractivity contribution in [2.24, 2.45) is 11.8 Å². The molecule has 116 valence electrons. The maximum atomic E-state index is 11.4. The first kappa shape index (κ1) is 16.2. The minimum Gasteiger partial charge on any atom is -0.469 e. The third-order valence-electron chi connectivity index (χ3n) is 4.64. The van der Waals surface area contributed by atoms with Gasteiger partial charge in [-0.15, -0.1) is 0 Å². The Morgan fingerprint density at radius 1 is 1.36 bits per heavy atom. The quantitative estimate of drug-likeness (QED) is 0.618. The minimum absolute atomic E-state index is 0.0299. The van der Waals surface area contributed by atoms with Crippen LogP contribution in [0.5, 0.6) is 0 Å². The topological polar surface area (TPSA) is 67.2 Å². The number of esters is 1. The first-order chi connectivity index (χ1) is 10.7. The van der Waals surface area contributed by atoms with Crippen molar-refractivity contribution in [3.05, 3.63) is 35.4 Å². The summed E-state index contributed by atoms with van der Waals surface area (Å²) >= 11 is 0. The summed E-state index contributed by atoms with van der Waals surface area (Å²) in [6.45, 7) is 0. The van der Waals surface area contributed by atoms with E-state index in [-0.39, 0.29) is 17.8 Å². The minimum atomic E-state index is -0.174. The largest absolute Gasteiger partial charge is 0.469 e. The van der Waals surface area contributed by atoms with Crippen molar-refractivity contribution in [2.75, 3.05) is 7.11 Å². The summed E-state index contributed by atoms with van der Waals surface area (Å²) < 4.78 is 4.69. The summed E-state index contributed by atoms with van der Waals surface area (Å²) in [5.74, 6) is 0.479. The standard InChI is InChI=1S/C18H21NO3/c1-22-18(21)9-5-13-2-8-16(12-20)17(10-13)15-6-3-14(11-19)4-7-15/h3-4,6-7,12-13,16-17H,2,5,8-10H2,1H3. The second kappa shape index (κ2) is 7.74. The molecule has 3 unspecified atom stereocenters. The van der Waals surface area contributed by atoms with Gasteiger partial charge in [0.1, 0.15) is 6.29 Å². The van der Waals surface area contributed by atoms with E-state index in [1.807, 2.05) is 12.1 Å². The second-order valence-corrected chi connectivity index (χ2v) is 5.93. The Kier molecular flexibility index (Phi) is 5.71. The molecule has 4 heteroatoms. The number of nitrogens with zero attached hydrogens (tertiary/aromatic N) is 1. The average molecular weight is 299 g/mol. The first-order valence-corrected chi connectivity index (χ1v) is 7.70. The van der Waals surface area contributed by atoms with Gasteiger partial charge in [0, 0.05) is 12.3 Å². The number of nitriles is 1. The number of carbonyl (C=O) groups excluding carboxylic acids is 2. The molecule has 3 atom stereocenters. The molecule has 0 saturated heterocycles. The van der Waals surface area contributed by atoms with E-state index in [1.54, 1.807) is 12.1 Å². The maximum Gasteiger partial charge on any atom is 0.305 e. The summed E-state index contributed by atoms with van der Waals surface area (Å²) in [5, 5.41) is 8.87. The Bertz CT molecular complexity index is 559. The highest BCUT2D eigenvalue weighted by molar-refractivity contribution is 5.69. The number of carbonyl (C=O) groups is 2. The van der Waals surface area contributed by atoms with E-state index in [4.69, 9.17) is 10.00 Å². The van der Waals surface area contributed by atoms with Crippen LogP contribution in [-0.4, -0.2) is 19.4 Å². The predicted octanol–water partition coefficient (Wildman–Crippen LogP) is 3.21. The van der Waals surface area contributed by atoms with Gasteiger partial charge in [-0.05, 0) is 55.2 Å². The molecule has 0 radical (unpaired) electrons. The van der Waals surface area contributed by atoms with E-state index in [9.17, 15) is 9.59 Å². The summed E-state index contributed by atoms with van der Waals surface area (Å²) in [7, 11) is 1.41. The number of ether oxygens (including phenoxy) is 1. The Morgan fingerprint density at radius 3 is 2.68 bits per heavy atom. The van der Waals surface area contributed by atoms with Gasteiger partial charge in [0.2, 0.25) is 0 Å². The van der Waals surface area contributed by atoms with Gasteiger partial charge in [-0.1, -0.05) is 12.1 Å². The van der Waals surface area contributed by atoms with Gasteiger partial charge in [0.15, 0.2) is 0 Å². The van der Waals surface area contributed by atoms with Crippen LogP contribution in [0.15, 0.2) is 24.3 Å². The number of benzene rings is 1. The Labute approximate surface area is 131 Å². The lowest BCUT2D eigenvalue weighted by atomic mass is 9.70. The third kappa shape index (κ3) is 3.94. The molecule has 2 rings (SSSR count). The van der Waals surface area contributed by atoms with Gasteiger partial charge in [0.25, 0.3) is 0 Å². The highest BCUT2D eigenvalue weighted by Gasteiger charge is 2.31. The third-order valence-corrected chi connectivity index (χ3v) is 4.64. The summed E-state index contributed by atoms with van der Waals surface area (Å²) in [4.78, 5) is 22.6. The highest BCUT2D eigenvalue weighted by Crippen LogP contribution is 2.41. The molecule has 1 saturated carbocycles. The smallest absolute Gasteiger partial charge is 0.305 e. The van der Waals surface area contributed by atoms with E-state index < -0.39 is 0 Å². The van der Waals surface area contributed by atoms with E-state index in [1.165, 1.54) is 7.11 Å². The fourth-order valence-electron chi connectivity index (χ4n) is 3.32. The van der Waals surface area contributed by atoms with Crippen molar-refractivity contribution in [1.82, 2.24) is 0 Å². The van der Waals surface area contributed by atoms with Gasteiger partial charge < -0.3 is 9.53 Å². The average Bonchev–Trinajstić information content (AvgIpc) is 2.59. The molecule has 4 nitrogen and oxygen atoms in total. The first-order valence-electron chi connectivity index (χ1n) is 7.70. The van der Waals surface area contributed by atoms with E-state index in [0.717, 1.165) is 37.5 Å². The van der Waals surface area contributed by atoms with Crippen molar-refractivity contribution >= 4 is 12.3 Å². The van der Waals surface area contributed by atoms with E-state index in [0.29, 0.717) is 17.9 Å². The number of rotatable bonds is 5. The normalized spacial score (nSPS) is 24.3. The van der Waals surface area contributed by atoms with Crippen LogP contribution in [0.2, 0.25) is 0 Å². The van der Waals surface area contributed by atoms with Crippen molar-refractivity contribution in [3.63, 3.8) is 0 Å². The zero-order valence-electron chi connectivity index (χ0n) is 12.8. The number of hydrogen-bond acceptors (Lipinski definition) is 4. The molecule has 1 aromatic rings. The fourth-order valence-corrected chi connectivity index (χ4v) is 3.32. The zero-order chi connectivity index (χ0) is 15.9. The van der Waals surface area contributed by atoms with Gasteiger partial charge >= 0.3 is 5.97 Å². The molecule has 0 spiro atoms. The molecular formula is C18H21NO3. The fraction of sp³-hybridized carbons (Fsp3) is 0.500. The monoisotopic (exact) mass is 299 g/mol. The summed E-state index contributed by atoms with van der Waals surface area (Å²) in [6.07, 6.45) is 5.05. The molecule has 1 aliphatic carbocycles. The Morgan fingerprint density at radius 2 is 2.09 bits per heavy atom. The molecule has 1 aliphatic rings. The molecule has 0 N–H and O–H groups in total. The Hall–Kier alpha value is -2.15. The van der Waals surface area contributed by atoms with Crippen molar-refractivity contribution in [1.29, 1.82) is 5.26 Å². The van der Waals surface area contributed by atoms with Crippen molar-refractivity contribution in [3.8, 4) is 6.07 Å². The lowest BCUT2D eigenvalue weighted by Crippen LogP contribution is -2.25. The zero-order valence-corrected chi connectivity index (χ0v) is 12.8. The number of methoxy groups -OCH3 is 1. The van der Waals surface area contributed by atoms with Crippen LogP contribution in [-0.2, 0) is 14.3 Å². The molecule has 1 fully saturated rings. The van der Waals surface area contributed by atoms with Crippen LogP contribution in [0.25, 0.3) is 0 Å². The molecule has 22 heavy (non-hydrogen) atoms. The molecule has 0 aliphatic heterocycles. The van der Waals surface area contributed by atoms with Gasteiger partial charge in [0.05, 0.1) is 18.7 Å². The Balaban J connectivity index is 2.06. The summed E-state index contributed by atoms with van der Waals surface area (Å²) in [6, 6.07) is 9.60. The number of hydrogen-bond donors (Lipinski definition) is 0. The van der Waals surface area contributed by atoms with Crippen molar-refractivity contribution in [2.45, 2.75) is 38.0 Å². The van der Waals surface area contributed by atoms with Crippen LogP contribution in [0, 0.1) is 23.2 Å². The highest BCUT2D eigenvalue weighted by atomic mass is 16.5. The predicted molar refractivity (Wildman–Crippen MR) is 82.0 cm³/mol. The SMILES string of the molecule is COC(=O)CCC1CCC(C=O)C(c2ccc(C#N)cc2)C1. The number of aldehydes is 1. The van der Waals surface area contributed by atoms with E-state index in [2.05, 4.69) is 6.07 Å². The van der Waals surface area contributed by atoms with Crippen LogP contribution in [0.3, 0.4) is 0 Å². The van der Waals surface area contributed by atoms with Crippen LogP contribution in [0.4, 0.5) is 0 Å². The van der Waals surface area contributed by atoms with Crippen LogP contribution in [0.1, 0.15) is 49.1 Å². The van der Waals surface area contributed by atoms with Crippen LogP contribution < -0.4 is 0 Å². The second-order valence-electron chi connectivity index (χ2n) is 5.93. The van der Waals surface area contributed by atoms with Gasteiger partial charge in [-0.2, -0.15) is 5.26 Å². The molecule has 0 amide bonds. The van der Waals surface area contributed by atoms with E-state index >= 15 is 0 Å². The molecule has 0 aromatic heterocycles. The van der Waals surface area contributed by atoms with Gasteiger partial charge in [-0.3, -0.25) is 4.79 Å².